The number of hydrogen-bond acceptors (Lipinski definition) is 3. The summed E-state index contributed by atoms with van der Waals surface area (Å²) in [4.78, 5) is 4.94. The number of aliphatic hydroxyl groups excluding tert-OH is 1. The molecule has 1 aliphatic heterocycles. The van der Waals surface area contributed by atoms with Crippen LogP contribution in [-0.2, 0) is 0 Å². The minimum absolute atomic E-state index is 0.0318. The fourth-order valence-electron chi connectivity index (χ4n) is 3.19. The van der Waals surface area contributed by atoms with Crippen LogP contribution >= 0.6 is 0 Å². The van der Waals surface area contributed by atoms with Gasteiger partial charge in [0.05, 0.1) is 6.10 Å². The molecule has 1 N–H and O–H groups in total. The lowest BCUT2D eigenvalue weighted by Gasteiger charge is -2.32. The summed E-state index contributed by atoms with van der Waals surface area (Å²) in [5.41, 5.74) is 0. The second-order valence-corrected chi connectivity index (χ2v) is 5.42. The van der Waals surface area contributed by atoms with Crippen LogP contribution in [0, 0.1) is 0 Å². The van der Waals surface area contributed by atoms with Gasteiger partial charge in [0.15, 0.2) is 0 Å². The molecule has 1 saturated carbocycles. The number of likely N-dealkylation sites (N-methyl/N-ethyl adjacent to an activating group) is 1. The van der Waals surface area contributed by atoms with E-state index in [-0.39, 0.29) is 6.10 Å². The van der Waals surface area contributed by atoms with Crippen molar-refractivity contribution in [1.82, 2.24) is 9.80 Å². The van der Waals surface area contributed by atoms with Crippen molar-refractivity contribution in [1.29, 1.82) is 0 Å². The van der Waals surface area contributed by atoms with E-state index < -0.39 is 0 Å². The van der Waals surface area contributed by atoms with E-state index in [0.29, 0.717) is 6.04 Å². The first-order valence-corrected chi connectivity index (χ1v) is 6.25. The molecule has 0 radical (unpaired) electrons. The van der Waals surface area contributed by atoms with Crippen molar-refractivity contribution in [3.63, 3.8) is 0 Å². The van der Waals surface area contributed by atoms with Crippen LogP contribution in [0.4, 0.5) is 0 Å². The molecule has 3 nitrogen and oxygen atoms in total. The third kappa shape index (κ3) is 2.71. The van der Waals surface area contributed by atoms with Crippen molar-refractivity contribution in [2.45, 2.75) is 50.3 Å². The maximum absolute atomic E-state index is 9.59. The van der Waals surface area contributed by atoms with Crippen LogP contribution in [0.3, 0.4) is 0 Å². The Bertz CT molecular complexity index is 208. The molecule has 3 unspecified atom stereocenters. The van der Waals surface area contributed by atoms with Crippen molar-refractivity contribution in [3.05, 3.63) is 0 Å². The SMILES string of the molecule is CN(C)CC1CCCN1C1CCC(O)C1. The minimum atomic E-state index is -0.0318. The number of rotatable bonds is 3. The standard InChI is InChI=1S/C12H24N2O/c1-13(2)9-11-4-3-7-14(11)10-5-6-12(15)8-10/h10-12,15H,3-9H2,1-2H3. The van der Waals surface area contributed by atoms with Gasteiger partial charge < -0.3 is 10.0 Å². The Morgan fingerprint density at radius 1 is 1.27 bits per heavy atom. The Labute approximate surface area is 93.1 Å². The number of aliphatic hydroxyl groups is 1. The van der Waals surface area contributed by atoms with Crippen molar-refractivity contribution in [2.75, 3.05) is 27.2 Å². The van der Waals surface area contributed by atoms with Gasteiger partial charge >= 0.3 is 0 Å². The van der Waals surface area contributed by atoms with E-state index in [4.69, 9.17) is 0 Å². The van der Waals surface area contributed by atoms with Crippen LogP contribution in [0.15, 0.2) is 0 Å². The second kappa shape index (κ2) is 4.81. The van der Waals surface area contributed by atoms with Gasteiger partial charge in [0.2, 0.25) is 0 Å². The molecule has 15 heavy (non-hydrogen) atoms. The van der Waals surface area contributed by atoms with Gasteiger partial charge in [-0.3, -0.25) is 4.90 Å². The molecule has 88 valence electrons. The molecule has 1 heterocycles. The number of nitrogens with zero attached hydrogens (tertiary/aromatic N) is 2. The molecule has 3 atom stereocenters. The lowest BCUT2D eigenvalue weighted by Crippen LogP contribution is -2.43. The predicted molar refractivity (Wildman–Crippen MR) is 61.9 cm³/mol. The van der Waals surface area contributed by atoms with Crippen molar-refractivity contribution >= 4 is 0 Å². The fourth-order valence-corrected chi connectivity index (χ4v) is 3.19. The molecule has 2 aliphatic rings. The molecule has 2 rings (SSSR count). The predicted octanol–water partition coefficient (Wildman–Crippen LogP) is 0.926. The summed E-state index contributed by atoms with van der Waals surface area (Å²) in [5, 5.41) is 9.59. The van der Waals surface area contributed by atoms with Crippen LogP contribution in [0.5, 0.6) is 0 Å². The summed E-state index contributed by atoms with van der Waals surface area (Å²) in [5.74, 6) is 0. The molecule has 0 aromatic rings. The Kier molecular flexibility index (Phi) is 3.65. The summed E-state index contributed by atoms with van der Waals surface area (Å²) in [6.07, 6.45) is 5.86. The van der Waals surface area contributed by atoms with Crippen LogP contribution < -0.4 is 0 Å². The summed E-state index contributed by atoms with van der Waals surface area (Å²) in [6, 6.07) is 1.39. The largest absolute Gasteiger partial charge is 0.393 e. The van der Waals surface area contributed by atoms with Crippen molar-refractivity contribution in [2.24, 2.45) is 0 Å². The monoisotopic (exact) mass is 212 g/mol. The molecular formula is C12H24N2O. The molecule has 0 bridgehead atoms. The molecule has 2 fully saturated rings. The van der Waals surface area contributed by atoms with Gasteiger partial charge in [-0.15, -0.1) is 0 Å². The first-order valence-electron chi connectivity index (χ1n) is 6.25. The molecule has 0 spiro atoms. The summed E-state index contributed by atoms with van der Waals surface area (Å²) in [6.45, 7) is 2.42. The molecule has 1 aliphatic carbocycles. The Morgan fingerprint density at radius 3 is 2.67 bits per heavy atom. The topological polar surface area (TPSA) is 26.7 Å². The zero-order chi connectivity index (χ0) is 10.8. The van der Waals surface area contributed by atoms with Crippen LogP contribution in [0.1, 0.15) is 32.1 Å². The molecule has 0 aromatic heterocycles. The summed E-state index contributed by atoms with van der Waals surface area (Å²) in [7, 11) is 4.31. The number of hydrogen-bond donors (Lipinski definition) is 1. The van der Waals surface area contributed by atoms with Crippen LogP contribution in [-0.4, -0.2) is 60.3 Å². The van der Waals surface area contributed by atoms with E-state index in [2.05, 4.69) is 23.9 Å². The third-order valence-electron chi connectivity index (χ3n) is 3.84. The van der Waals surface area contributed by atoms with Crippen LogP contribution in [0.2, 0.25) is 0 Å². The highest BCUT2D eigenvalue weighted by atomic mass is 16.3. The fraction of sp³-hybridized carbons (Fsp3) is 1.00. The first kappa shape index (κ1) is 11.4. The van der Waals surface area contributed by atoms with E-state index in [1.165, 1.54) is 32.4 Å². The van der Waals surface area contributed by atoms with Gasteiger partial charge in [-0.05, 0) is 52.7 Å². The van der Waals surface area contributed by atoms with Gasteiger partial charge in [-0.1, -0.05) is 0 Å². The van der Waals surface area contributed by atoms with E-state index in [0.717, 1.165) is 18.9 Å². The van der Waals surface area contributed by atoms with Gasteiger partial charge in [-0.25, -0.2) is 0 Å². The van der Waals surface area contributed by atoms with Crippen molar-refractivity contribution < 1.29 is 5.11 Å². The third-order valence-corrected chi connectivity index (χ3v) is 3.84. The molecule has 1 saturated heterocycles. The molecule has 0 amide bonds. The van der Waals surface area contributed by atoms with Gasteiger partial charge in [0.25, 0.3) is 0 Å². The summed E-state index contributed by atoms with van der Waals surface area (Å²) >= 11 is 0. The number of likely N-dealkylation sites (tertiary alicyclic amines) is 1. The minimum Gasteiger partial charge on any atom is -0.393 e. The average Bonchev–Trinajstić information content (AvgIpc) is 2.72. The highest BCUT2D eigenvalue weighted by Crippen LogP contribution is 2.30. The second-order valence-electron chi connectivity index (χ2n) is 5.42. The molecule has 3 heteroatoms. The highest BCUT2D eigenvalue weighted by molar-refractivity contribution is 4.90. The van der Waals surface area contributed by atoms with Crippen molar-refractivity contribution in [3.8, 4) is 0 Å². The van der Waals surface area contributed by atoms with Gasteiger partial charge in [0.1, 0.15) is 0 Å². The van der Waals surface area contributed by atoms with Crippen LogP contribution in [0.25, 0.3) is 0 Å². The van der Waals surface area contributed by atoms with E-state index in [9.17, 15) is 5.11 Å². The first-order chi connectivity index (χ1) is 7.16. The maximum Gasteiger partial charge on any atom is 0.0555 e. The molecular weight excluding hydrogens is 188 g/mol. The van der Waals surface area contributed by atoms with E-state index >= 15 is 0 Å². The lowest BCUT2D eigenvalue weighted by molar-refractivity contribution is 0.130. The lowest BCUT2D eigenvalue weighted by atomic mass is 10.1. The van der Waals surface area contributed by atoms with E-state index in [1.807, 2.05) is 0 Å². The normalized spacial score (nSPS) is 38.0. The zero-order valence-corrected chi connectivity index (χ0v) is 10.0. The quantitative estimate of drug-likeness (QED) is 0.754. The Hall–Kier alpha value is -0.120. The highest BCUT2D eigenvalue weighted by Gasteiger charge is 2.34. The maximum atomic E-state index is 9.59. The smallest absolute Gasteiger partial charge is 0.0555 e. The summed E-state index contributed by atoms with van der Waals surface area (Å²) < 4.78 is 0. The van der Waals surface area contributed by atoms with Gasteiger partial charge in [-0.2, -0.15) is 0 Å². The zero-order valence-electron chi connectivity index (χ0n) is 10.0. The Balaban J connectivity index is 1.89. The molecule has 0 aromatic carbocycles. The van der Waals surface area contributed by atoms with E-state index in [1.54, 1.807) is 0 Å². The van der Waals surface area contributed by atoms with Gasteiger partial charge in [0, 0.05) is 18.6 Å². The average molecular weight is 212 g/mol. The Morgan fingerprint density at radius 2 is 2.07 bits per heavy atom.